The molecule has 1 fully saturated rings. The van der Waals surface area contributed by atoms with Gasteiger partial charge in [-0.1, -0.05) is 29.4 Å². The molecule has 28 heavy (non-hydrogen) atoms. The molecule has 1 aromatic heterocycles. The van der Waals surface area contributed by atoms with E-state index in [0.29, 0.717) is 18.0 Å². The van der Waals surface area contributed by atoms with Crippen LogP contribution in [0.5, 0.6) is 11.5 Å². The van der Waals surface area contributed by atoms with Gasteiger partial charge in [0.2, 0.25) is 5.91 Å². The van der Waals surface area contributed by atoms with Crippen molar-refractivity contribution in [2.24, 2.45) is 0 Å². The Bertz CT molecular complexity index is 974. The standard InChI is InChI=1S/C22H22N2O4/c1-26-17-8-6-15(7-9-17)14-23-21(25)22(10-11-22)20-13-19(28-24-20)16-4-3-5-18(12-16)27-2/h3-9,12-13H,10-11,14H2,1-2H3,(H,23,25). The molecule has 1 amide bonds. The van der Waals surface area contributed by atoms with E-state index in [1.807, 2.05) is 54.6 Å². The first-order valence-corrected chi connectivity index (χ1v) is 9.17. The number of carbonyl (C=O) groups excluding carboxylic acids is 1. The molecule has 1 aliphatic carbocycles. The lowest BCUT2D eigenvalue weighted by molar-refractivity contribution is -0.123. The highest BCUT2D eigenvalue weighted by molar-refractivity contribution is 5.91. The molecule has 2 aromatic carbocycles. The molecule has 0 unspecified atom stereocenters. The monoisotopic (exact) mass is 378 g/mol. The van der Waals surface area contributed by atoms with Gasteiger partial charge < -0.3 is 19.3 Å². The maximum absolute atomic E-state index is 12.8. The van der Waals surface area contributed by atoms with Crippen LogP contribution in [0, 0.1) is 0 Å². The van der Waals surface area contributed by atoms with E-state index >= 15 is 0 Å². The predicted octanol–water partition coefficient (Wildman–Crippen LogP) is 3.71. The van der Waals surface area contributed by atoms with Crippen LogP contribution >= 0.6 is 0 Å². The zero-order valence-electron chi connectivity index (χ0n) is 15.9. The molecule has 0 aliphatic heterocycles. The fourth-order valence-electron chi connectivity index (χ4n) is 3.23. The number of hydrogen-bond donors (Lipinski definition) is 1. The van der Waals surface area contributed by atoms with Gasteiger partial charge in [0, 0.05) is 18.2 Å². The molecule has 0 radical (unpaired) electrons. The Labute approximate surface area is 163 Å². The molecule has 0 saturated heterocycles. The van der Waals surface area contributed by atoms with Crippen molar-refractivity contribution < 1.29 is 18.8 Å². The van der Waals surface area contributed by atoms with Crippen LogP contribution in [0.3, 0.4) is 0 Å². The summed E-state index contributed by atoms with van der Waals surface area (Å²) in [5.41, 5.74) is 1.97. The maximum Gasteiger partial charge on any atom is 0.232 e. The zero-order chi connectivity index (χ0) is 19.6. The first-order valence-electron chi connectivity index (χ1n) is 9.17. The number of aromatic nitrogens is 1. The molecule has 0 atom stereocenters. The van der Waals surface area contributed by atoms with E-state index in [1.165, 1.54) is 0 Å². The van der Waals surface area contributed by atoms with Crippen LogP contribution < -0.4 is 14.8 Å². The fourth-order valence-corrected chi connectivity index (χ4v) is 3.23. The third-order valence-electron chi connectivity index (χ3n) is 5.15. The van der Waals surface area contributed by atoms with Crippen LogP contribution in [0.4, 0.5) is 0 Å². The highest BCUT2D eigenvalue weighted by atomic mass is 16.5. The average molecular weight is 378 g/mol. The molecule has 0 bridgehead atoms. The van der Waals surface area contributed by atoms with Gasteiger partial charge in [-0.25, -0.2) is 0 Å². The van der Waals surface area contributed by atoms with Crippen LogP contribution in [0.25, 0.3) is 11.3 Å². The molecular formula is C22H22N2O4. The second-order valence-corrected chi connectivity index (χ2v) is 6.92. The number of nitrogens with zero attached hydrogens (tertiary/aromatic N) is 1. The second-order valence-electron chi connectivity index (χ2n) is 6.92. The quantitative estimate of drug-likeness (QED) is 0.678. The highest BCUT2D eigenvalue weighted by Gasteiger charge is 2.53. The molecule has 6 nitrogen and oxygen atoms in total. The number of methoxy groups -OCH3 is 2. The Morgan fingerprint density at radius 1 is 1.07 bits per heavy atom. The summed E-state index contributed by atoms with van der Waals surface area (Å²) in [7, 11) is 3.25. The van der Waals surface area contributed by atoms with E-state index in [1.54, 1.807) is 14.2 Å². The van der Waals surface area contributed by atoms with E-state index in [2.05, 4.69) is 10.5 Å². The molecule has 6 heteroatoms. The summed E-state index contributed by atoms with van der Waals surface area (Å²) < 4.78 is 15.9. The van der Waals surface area contributed by atoms with Crippen molar-refractivity contribution in [2.45, 2.75) is 24.8 Å². The number of amides is 1. The molecular weight excluding hydrogens is 356 g/mol. The van der Waals surface area contributed by atoms with Crippen molar-refractivity contribution >= 4 is 5.91 Å². The maximum atomic E-state index is 12.8. The summed E-state index contributed by atoms with van der Waals surface area (Å²) in [6.45, 7) is 0.463. The van der Waals surface area contributed by atoms with E-state index in [9.17, 15) is 4.79 Å². The van der Waals surface area contributed by atoms with E-state index in [0.717, 1.165) is 35.5 Å². The van der Waals surface area contributed by atoms with E-state index < -0.39 is 5.41 Å². The molecule has 3 aromatic rings. The van der Waals surface area contributed by atoms with Gasteiger partial charge in [-0.15, -0.1) is 0 Å². The largest absolute Gasteiger partial charge is 0.497 e. The lowest BCUT2D eigenvalue weighted by Gasteiger charge is -2.12. The first-order chi connectivity index (χ1) is 13.6. The second kappa shape index (κ2) is 7.38. The number of hydrogen-bond acceptors (Lipinski definition) is 5. The van der Waals surface area contributed by atoms with Gasteiger partial charge in [-0.3, -0.25) is 4.79 Å². The number of carbonyl (C=O) groups is 1. The predicted molar refractivity (Wildman–Crippen MR) is 104 cm³/mol. The van der Waals surface area contributed by atoms with Crippen molar-refractivity contribution in [1.82, 2.24) is 10.5 Å². The Morgan fingerprint density at radius 2 is 1.82 bits per heavy atom. The van der Waals surface area contributed by atoms with E-state index in [-0.39, 0.29) is 5.91 Å². The minimum atomic E-state index is -0.590. The van der Waals surface area contributed by atoms with E-state index in [4.69, 9.17) is 14.0 Å². The molecule has 144 valence electrons. The summed E-state index contributed by atoms with van der Waals surface area (Å²) in [4.78, 5) is 12.8. The highest BCUT2D eigenvalue weighted by Crippen LogP contribution is 2.48. The Balaban J connectivity index is 1.46. The summed E-state index contributed by atoms with van der Waals surface area (Å²) in [5.74, 6) is 2.15. The normalized spacial score (nSPS) is 14.4. The van der Waals surface area contributed by atoms with Crippen molar-refractivity contribution in [3.8, 4) is 22.8 Å². The van der Waals surface area contributed by atoms with Gasteiger partial charge in [-0.05, 0) is 42.7 Å². The number of ether oxygens (including phenoxy) is 2. The van der Waals surface area contributed by atoms with Crippen LogP contribution in [-0.2, 0) is 16.8 Å². The lowest BCUT2D eigenvalue weighted by atomic mass is 10.00. The van der Waals surface area contributed by atoms with Crippen LogP contribution in [0.1, 0.15) is 24.1 Å². The van der Waals surface area contributed by atoms with Crippen LogP contribution in [-0.4, -0.2) is 25.3 Å². The molecule has 1 aliphatic rings. The van der Waals surface area contributed by atoms with Gasteiger partial charge in [0.05, 0.1) is 25.3 Å². The zero-order valence-corrected chi connectivity index (χ0v) is 15.9. The lowest BCUT2D eigenvalue weighted by Crippen LogP contribution is -2.34. The summed E-state index contributed by atoms with van der Waals surface area (Å²) >= 11 is 0. The number of nitrogens with one attached hydrogen (secondary N) is 1. The third-order valence-corrected chi connectivity index (χ3v) is 5.15. The molecule has 0 spiro atoms. The van der Waals surface area contributed by atoms with Crippen LogP contribution in [0.2, 0.25) is 0 Å². The smallest absolute Gasteiger partial charge is 0.232 e. The molecule has 1 heterocycles. The Hall–Kier alpha value is -3.28. The van der Waals surface area contributed by atoms with Crippen molar-refractivity contribution in [3.63, 3.8) is 0 Å². The van der Waals surface area contributed by atoms with Gasteiger partial charge in [0.1, 0.15) is 11.5 Å². The summed E-state index contributed by atoms with van der Waals surface area (Å²) in [6, 6.07) is 17.1. The summed E-state index contributed by atoms with van der Waals surface area (Å²) in [5, 5.41) is 7.21. The Kier molecular flexibility index (Phi) is 4.77. The summed E-state index contributed by atoms with van der Waals surface area (Å²) in [6.07, 6.45) is 1.54. The van der Waals surface area contributed by atoms with Gasteiger partial charge >= 0.3 is 0 Å². The fraction of sp³-hybridized carbons (Fsp3) is 0.273. The van der Waals surface area contributed by atoms with Gasteiger partial charge in [-0.2, -0.15) is 0 Å². The third kappa shape index (κ3) is 3.45. The van der Waals surface area contributed by atoms with Gasteiger partial charge in [0.15, 0.2) is 5.76 Å². The van der Waals surface area contributed by atoms with Gasteiger partial charge in [0.25, 0.3) is 0 Å². The SMILES string of the molecule is COc1ccc(CNC(=O)C2(c3cc(-c4cccc(OC)c4)on3)CC2)cc1. The van der Waals surface area contributed by atoms with Crippen molar-refractivity contribution in [1.29, 1.82) is 0 Å². The average Bonchev–Trinajstić information content (AvgIpc) is 3.41. The Morgan fingerprint density at radius 3 is 2.50 bits per heavy atom. The minimum Gasteiger partial charge on any atom is -0.497 e. The number of rotatable bonds is 7. The minimum absolute atomic E-state index is 0.0196. The first kappa shape index (κ1) is 18.1. The topological polar surface area (TPSA) is 73.6 Å². The number of benzene rings is 2. The van der Waals surface area contributed by atoms with Crippen molar-refractivity contribution in [2.75, 3.05) is 14.2 Å². The molecule has 1 saturated carbocycles. The van der Waals surface area contributed by atoms with Crippen LogP contribution in [0.15, 0.2) is 59.1 Å². The van der Waals surface area contributed by atoms with Crippen molar-refractivity contribution in [3.05, 3.63) is 65.9 Å². The molecule has 4 rings (SSSR count). The molecule has 1 N–H and O–H groups in total.